The van der Waals surface area contributed by atoms with Crippen molar-refractivity contribution in [3.63, 3.8) is 0 Å². The highest BCUT2D eigenvalue weighted by Crippen LogP contribution is 2.28. The SMILES string of the molecule is CC(c1ccccc1)n1c(CCn2ccnc2)nc2ccc(Br)cc21. The number of nitrogens with zero attached hydrogens (tertiary/aromatic N) is 4. The number of aromatic nitrogens is 4. The van der Waals surface area contributed by atoms with Crippen LogP contribution in [0.5, 0.6) is 0 Å². The molecule has 126 valence electrons. The summed E-state index contributed by atoms with van der Waals surface area (Å²) in [7, 11) is 0. The zero-order valence-corrected chi connectivity index (χ0v) is 15.6. The Morgan fingerprint density at radius 3 is 2.72 bits per heavy atom. The molecule has 25 heavy (non-hydrogen) atoms. The monoisotopic (exact) mass is 394 g/mol. The number of hydrogen-bond acceptors (Lipinski definition) is 2. The van der Waals surface area contributed by atoms with E-state index in [2.05, 4.69) is 79.4 Å². The lowest BCUT2D eigenvalue weighted by Crippen LogP contribution is -2.12. The number of rotatable bonds is 5. The first-order chi connectivity index (χ1) is 12.2. The standard InChI is InChI=1S/C20H19BrN4/c1-15(16-5-3-2-4-6-16)25-19-13-17(21)7-8-18(19)23-20(25)9-11-24-12-10-22-14-24/h2-8,10,12-15H,9,11H2,1H3. The van der Waals surface area contributed by atoms with Gasteiger partial charge in [0.1, 0.15) is 5.82 Å². The summed E-state index contributed by atoms with van der Waals surface area (Å²) in [5.41, 5.74) is 3.48. The summed E-state index contributed by atoms with van der Waals surface area (Å²) in [6, 6.07) is 17.1. The van der Waals surface area contributed by atoms with E-state index < -0.39 is 0 Å². The maximum atomic E-state index is 4.91. The Morgan fingerprint density at radius 2 is 1.96 bits per heavy atom. The Morgan fingerprint density at radius 1 is 1.12 bits per heavy atom. The van der Waals surface area contributed by atoms with Crippen molar-refractivity contribution >= 4 is 27.0 Å². The van der Waals surface area contributed by atoms with E-state index in [4.69, 9.17) is 4.98 Å². The molecule has 0 aliphatic heterocycles. The molecule has 4 nitrogen and oxygen atoms in total. The van der Waals surface area contributed by atoms with E-state index in [-0.39, 0.29) is 6.04 Å². The minimum Gasteiger partial charge on any atom is -0.337 e. The summed E-state index contributed by atoms with van der Waals surface area (Å²) in [4.78, 5) is 9.03. The minimum absolute atomic E-state index is 0.221. The van der Waals surface area contributed by atoms with Crippen molar-refractivity contribution in [3.8, 4) is 0 Å². The molecule has 0 bridgehead atoms. The third-order valence-electron chi connectivity index (χ3n) is 4.55. The van der Waals surface area contributed by atoms with Crippen molar-refractivity contribution in [1.29, 1.82) is 0 Å². The lowest BCUT2D eigenvalue weighted by atomic mass is 10.1. The van der Waals surface area contributed by atoms with Gasteiger partial charge in [0.15, 0.2) is 0 Å². The molecular weight excluding hydrogens is 376 g/mol. The van der Waals surface area contributed by atoms with Gasteiger partial charge in [-0.1, -0.05) is 46.3 Å². The van der Waals surface area contributed by atoms with Gasteiger partial charge in [-0.25, -0.2) is 9.97 Å². The molecule has 2 aromatic heterocycles. The maximum Gasteiger partial charge on any atom is 0.112 e. The van der Waals surface area contributed by atoms with E-state index in [1.807, 2.05) is 24.8 Å². The fourth-order valence-electron chi connectivity index (χ4n) is 3.25. The van der Waals surface area contributed by atoms with Crippen molar-refractivity contribution in [2.75, 3.05) is 0 Å². The Bertz CT molecular complexity index is 974. The van der Waals surface area contributed by atoms with Crippen LogP contribution in [0.3, 0.4) is 0 Å². The molecule has 4 rings (SSSR count). The Labute approximate surface area is 155 Å². The fraction of sp³-hybridized carbons (Fsp3) is 0.200. The second kappa shape index (κ2) is 6.84. The summed E-state index contributed by atoms with van der Waals surface area (Å²) < 4.78 is 5.52. The van der Waals surface area contributed by atoms with E-state index >= 15 is 0 Å². The molecule has 2 heterocycles. The predicted octanol–water partition coefficient (Wildman–Crippen LogP) is 4.85. The average Bonchev–Trinajstić information content (AvgIpc) is 3.27. The van der Waals surface area contributed by atoms with Crippen molar-refractivity contribution in [2.45, 2.75) is 25.9 Å². The molecule has 0 saturated carbocycles. The van der Waals surface area contributed by atoms with E-state index in [1.165, 1.54) is 5.56 Å². The first kappa shape index (κ1) is 16.1. The Balaban J connectivity index is 1.78. The van der Waals surface area contributed by atoms with E-state index in [1.54, 1.807) is 0 Å². The van der Waals surface area contributed by atoms with Gasteiger partial charge >= 0.3 is 0 Å². The van der Waals surface area contributed by atoms with Gasteiger partial charge in [0.05, 0.1) is 23.4 Å². The van der Waals surface area contributed by atoms with Crippen LogP contribution < -0.4 is 0 Å². The van der Waals surface area contributed by atoms with Crippen LogP contribution in [0.25, 0.3) is 11.0 Å². The molecule has 1 unspecified atom stereocenters. The predicted molar refractivity (Wildman–Crippen MR) is 104 cm³/mol. The highest BCUT2D eigenvalue weighted by atomic mass is 79.9. The zero-order chi connectivity index (χ0) is 17.2. The van der Waals surface area contributed by atoms with Gasteiger partial charge in [0.25, 0.3) is 0 Å². The molecule has 5 heteroatoms. The second-order valence-electron chi connectivity index (χ2n) is 6.17. The topological polar surface area (TPSA) is 35.6 Å². The van der Waals surface area contributed by atoms with Crippen LogP contribution in [-0.2, 0) is 13.0 Å². The van der Waals surface area contributed by atoms with Crippen LogP contribution in [0.4, 0.5) is 0 Å². The highest BCUT2D eigenvalue weighted by Gasteiger charge is 2.17. The molecular formula is C20H19BrN4. The van der Waals surface area contributed by atoms with Gasteiger partial charge in [-0.05, 0) is 30.7 Å². The lowest BCUT2D eigenvalue weighted by molar-refractivity contribution is 0.585. The summed E-state index contributed by atoms with van der Waals surface area (Å²) in [6.45, 7) is 3.10. The molecule has 0 amide bonds. The molecule has 0 radical (unpaired) electrons. The summed E-state index contributed by atoms with van der Waals surface area (Å²) in [5.74, 6) is 1.10. The lowest BCUT2D eigenvalue weighted by Gasteiger charge is -2.18. The van der Waals surface area contributed by atoms with Crippen LogP contribution in [-0.4, -0.2) is 19.1 Å². The third-order valence-corrected chi connectivity index (χ3v) is 5.04. The van der Waals surface area contributed by atoms with Crippen molar-refractivity contribution in [2.24, 2.45) is 0 Å². The first-order valence-electron chi connectivity index (χ1n) is 8.39. The van der Waals surface area contributed by atoms with Gasteiger partial charge in [-0.2, -0.15) is 0 Å². The largest absolute Gasteiger partial charge is 0.337 e. The number of aryl methyl sites for hydroxylation is 2. The van der Waals surface area contributed by atoms with Crippen LogP contribution in [0.2, 0.25) is 0 Å². The van der Waals surface area contributed by atoms with Crippen LogP contribution in [0.1, 0.15) is 24.4 Å². The molecule has 0 saturated heterocycles. The normalized spacial score (nSPS) is 12.6. The quantitative estimate of drug-likeness (QED) is 0.485. The van der Waals surface area contributed by atoms with Gasteiger partial charge in [-0.3, -0.25) is 0 Å². The van der Waals surface area contributed by atoms with Gasteiger partial charge in [0.2, 0.25) is 0 Å². The Kier molecular flexibility index (Phi) is 4.40. The van der Waals surface area contributed by atoms with E-state index in [9.17, 15) is 0 Å². The summed E-state index contributed by atoms with van der Waals surface area (Å²) in [6.07, 6.45) is 6.51. The average molecular weight is 395 g/mol. The molecule has 0 N–H and O–H groups in total. The second-order valence-corrected chi connectivity index (χ2v) is 7.08. The molecule has 0 fully saturated rings. The smallest absolute Gasteiger partial charge is 0.112 e. The van der Waals surface area contributed by atoms with Gasteiger partial charge < -0.3 is 9.13 Å². The maximum absolute atomic E-state index is 4.91. The number of fused-ring (bicyclic) bond motifs is 1. The number of imidazole rings is 2. The zero-order valence-electron chi connectivity index (χ0n) is 14.0. The summed E-state index contributed by atoms with van der Waals surface area (Å²) >= 11 is 3.60. The molecule has 0 spiro atoms. The van der Waals surface area contributed by atoms with E-state index in [0.29, 0.717) is 0 Å². The molecule has 4 aromatic rings. The van der Waals surface area contributed by atoms with Gasteiger partial charge in [-0.15, -0.1) is 0 Å². The summed E-state index contributed by atoms with van der Waals surface area (Å²) in [5, 5.41) is 0. The van der Waals surface area contributed by atoms with E-state index in [0.717, 1.165) is 34.3 Å². The van der Waals surface area contributed by atoms with Crippen LogP contribution in [0, 0.1) is 0 Å². The van der Waals surface area contributed by atoms with Crippen LogP contribution in [0.15, 0.2) is 71.7 Å². The molecule has 1 atom stereocenters. The number of benzene rings is 2. The first-order valence-corrected chi connectivity index (χ1v) is 9.19. The van der Waals surface area contributed by atoms with Crippen molar-refractivity contribution in [1.82, 2.24) is 19.1 Å². The minimum atomic E-state index is 0.221. The van der Waals surface area contributed by atoms with Crippen molar-refractivity contribution in [3.05, 3.63) is 83.1 Å². The Hall–Kier alpha value is -2.40. The number of halogens is 1. The number of hydrogen-bond donors (Lipinski definition) is 0. The van der Waals surface area contributed by atoms with Crippen molar-refractivity contribution < 1.29 is 0 Å². The fourth-order valence-corrected chi connectivity index (χ4v) is 3.60. The molecule has 0 aliphatic rings. The third kappa shape index (κ3) is 3.24. The molecule has 2 aromatic carbocycles. The highest BCUT2D eigenvalue weighted by molar-refractivity contribution is 9.10. The van der Waals surface area contributed by atoms with Crippen LogP contribution >= 0.6 is 15.9 Å². The molecule has 0 aliphatic carbocycles. The van der Waals surface area contributed by atoms with Gasteiger partial charge in [0, 0.05) is 29.8 Å².